The van der Waals surface area contributed by atoms with Gasteiger partial charge in [0.05, 0.1) is 13.2 Å². The highest BCUT2D eigenvalue weighted by atomic mass is 19.1. The first-order chi connectivity index (χ1) is 11.7. The van der Waals surface area contributed by atoms with Crippen LogP contribution in [0.3, 0.4) is 0 Å². The van der Waals surface area contributed by atoms with Crippen LogP contribution in [-0.2, 0) is 12.8 Å². The lowest BCUT2D eigenvalue weighted by Gasteiger charge is -2.20. The van der Waals surface area contributed by atoms with Crippen molar-refractivity contribution in [3.63, 3.8) is 0 Å². The van der Waals surface area contributed by atoms with Gasteiger partial charge in [0, 0.05) is 17.8 Å². The normalized spacial score (nSPS) is 18.6. The molecule has 0 fully saturated rings. The van der Waals surface area contributed by atoms with E-state index in [1.807, 2.05) is 18.2 Å². The SMILES string of the molecule is COc1cc2c(cc1F)CCC2Nc1ccc2c(c1)C(=O)NCC2. The molecule has 0 radical (unpaired) electrons. The van der Waals surface area contributed by atoms with Gasteiger partial charge in [0.1, 0.15) is 0 Å². The first-order valence-electron chi connectivity index (χ1n) is 8.19. The van der Waals surface area contributed by atoms with E-state index in [9.17, 15) is 9.18 Å². The number of nitrogens with one attached hydrogen (secondary N) is 2. The molecule has 0 saturated heterocycles. The van der Waals surface area contributed by atoms with Gasteiger partial charge in [-0.3, -0.25) is 4.79 Å². The van der Waals surface area contributed by atoms with Gasteiger partial charge in [-0.2, -0.15) is 0 Å². The van der Waals surface area contributed by atoms with E-state index in [-0.39, 0.29) is 23.5 Å². The summed E-state index contributed by atoms with van der Waals surface area (Å²) in [5.74, 6) is -0.0647. The summed E-state index contributed by atoms with van der Waals surface area (Å²) in [5.41, 5.74) is 4.81. The number of fused-ring (bicyclic) bond motifs is 2. The second-order valence-electron chi connectivity index (χ2n) is 6.30. The van der Waals surface area contributed by atoms with Gasteiger partial charge in [0.2, 0.25) is 0 Å². The van der Waals surface area contributed by atoms with Crippen molar-refractivity contribution in [2.75, 3.05) is 19.0 Å². The fourth-order valence-electron chi connectivity index (χ4n) is 3.62. The molecular weight excluding hydrogens is 307 g/mol. The summed E-state index contributed by atoms with van der Waals surface area (Å²) in [6.07, 6.45) is 2.59. The molecular formula is C19H19FN2O2. The molecule has 4 nitrogen and oxygen atoms in total. The van der Waals surface area contributed by atoms with E-state index in [2.05, 4.69) is 10.6 Å². The lowest BCUT2D eigenvalue weighted by molar-refractivity contribution is 0.0946. The van der Waals surface area contributed by atoms with E-state index in [4.69, 9.17) is 4.74 Å². The minimum Gasteiger partial charge on any atom is -0.494 e. The van der Waals surface area contributed by atoms with Crippen LogP contribution in [0, 0.1) is 5.82 Å². The maximum Gasteiger partial charge on any atom is 0.251 e. The highest BCUT2D eigenvalue weighted by Gasteiger charge is 2.25. The number of hydrogen-bond donors (Lipinski definition) is 2. The lowest BCUT2D eigenvalue weighted by atomic mass is 9.99. The van der Waals surface area contributed by atoms with Gasteiger partial charge < -0.3 is 15.4 Å². The Morgan fingerprint density at radius 2 is 2.08 bits per heavy atom. The van der Waals surface area contributed by atoms with Gasteiger partial charge in [-0.15, -0.1) is 0 Å². The number of carbonyl (C=O) groups excluding carboxylic acids is 1. The number of amides is 1. The summed E-state index contributed by atoms with van der Waals surface area (Å²) in [7, 11) is 1.48. The van der Waals surface area contributed by atoms with Crippen LogP contribution in [0.25, 0.3) is 0 Å². The van der Waals surface area contributed by atoms with Crippen molar-refractivity contribution in [1.29, 1.82) is 0 Å². The molecule has 1 heterocycles. The van der Waals surface area contributed by atoms with Gasteiger partial charge in [-0.1, -0.05) is 6.07 Å². The van der Waals surface area contributed by atoms with Gasteiger partial charge in [0.25, 0.3) is 5.91 Å². The number of halogens is 1. The van der Waals surface area contributed by atoms with Crippen LogP contribution < -0.4 is 15.4 Å². The molecule has 1 atom stereocenters. The third kappa shape index (κ3) is 2.50. The molecule has 1 aliphatic heterocycles. The molecule has 4 rings (SSSR count). The molecule has 0 spiro atoms. The van der Waals surface area contributed by atoms with E-state index in [1.165, 1.54) is 7.11 Å². The van der Waals surface area contributed by atoms with Crippen molar-refractivity contribution in [2.24, 2.45) is 0 Å². The Morgan fingerprint density at radius 1 is 1.21 bits per heavy atom. The Kier molecular flexibility index (Phi) is 3.63. The van der Waals surface area contributed by atoms with Crippen molar-refractivity contribution >= 4 is 11.6 Å². The average molecular weight is 326 g/mol. The van der Waals surface area contributed by atoms with Crippen molar-refractivity contribution in [2.45, 2.75) is 25.3 Å². The number of carbonyl (C=O) groups is 1. The number of methoxy groups -OCH3 is 1. The first kappa shape index (κ1) is 15.0. The van der Waals surface area contributed by atoms with Gasteiger partial charge in [0.15, 0.2) is 11.6 Å². The summed E-state index contributed by atoms with van der Waals surface area (Å²) in [5, 5.41) is 6.35. The van der Waals surface area contributed by atoms with Crippen LogP contribution in [0.1, 0.15) is 39.5 Å². The fourth-order valence-corrected chi connectivity index (χ4v) is 3.62. The Balaban J connectivity index is 1.62. The maximum atomic E-state index is 13.8. The predicted molar refractivity (Wildman–Crippen MR) is 90.1 cm³/mol. The molecule has 124 valence electrons. The largest absolute Gasteiger partial charge is 0.494 e. The standard InChI is InChI=1S/C19H19FN2O2/c1-24-18-10-14-12(8-16(18)20)3-5-17(14)22-13-4-2-11-6-7-21-19(23)15(11)9-13/h2,4,8-10,17,22H,3,5-7H2,1H3,(H,21,23). The minimum absolute atomic E-state index is 0.0181. The Bertz CT molecular complexity index is 819. The highest BCUT2D eigenvalue weighted by Crippen LogP contribution is 2.37. The number of benzene rings is 2. The van der Waals surface area contributed by atoms with Crippen LogP contribution in [-0.4, -0.2) is 19.6 Å². The van der Waals surface area contributed by atoms with E-state index < -0.39 is 0 Å². The zero-order chi connectivity index (χ0) is 16.7. The van der Waals surface area contributed by atoms with Crippen LogP contribution in [0.5, 0.6) is 5.75 Å². The first-order valence-corrected chi connectivity index (χ1v) is 8.19. The lowest BCUT2D eigenvalue weighted by Crippen LogP contribution is -2.31. The van der Waals surface area contributed by atoms with Crippen molar-refractivity contribution in [3.8, 4) is 5.75 Å². The Morgan fingerprint density at radius 3 is 2.92 bits per heavy atom. The number of ether oxygens (including phenoxy) is 1. The quantitative estimate of drug-likeness (QED) is 0.910. The van der Waals surface area contributed by atoms with E-state index in [0.29, 0.717) is 6.54 Å². The van der Waals surface area contributed by atoms with Crippen LogP contribution >= 0.6 is 0 Å². The van der Waals surface area contributed by atoms with Crippen LogP contribution in [0.4, 0.5) is 10.1 Å². The van der Waals surface area contributed by atoms with Gasteiger partial charge in [-0.05, 0) is 60.2 Å². The molecule has 2 N–H and O–H groups in total. The topological polar surface area (TPSA) is 50.4 Å². The molecule has 0 aromatic heterocycles. The van der Waals surface area contributed by atoms with Gasteiger partial charge >= 0.3 is 0 Å². The minimum atomic E-state index is -0.317. The second-order valence-corrected chi connectivity index (χ2v) is 6.30. The molecule has 0 bridgehead atoms. The fraction of sp³-hybridized carbons (Fsp3) is 0.316. The monoisotopic (exact) mass is 326 g/mol. The number of aryl methyl sites for hydroxylation is 1. The van der Waals surface area contributed by atoms with Crippen molar-refractivity contribution in [1.82, 2.24) is 5.32 Å². The maximum absolute atomic E-state index is 13.8. The van der Waals surface area contributed by atoms with Crippen molar-refractivity contribution < 1.29 is 13.9 Å². The smallest absolute Gasteiger partial charge is 0.251 e. The second kappa shape index (κ2) is 5.82. The molecule has 2 aromatic rings. The Hall–Kier alpha value is -2.56. The molecule has 24 heavy (non-hydrogen) atoms. The predicted octanol–water partition coefficient (Wildman–Crippen LogP) is 3.22. The molecule has 1 unspecified atom stereocenters. The zero-order valence-electron chi connectivity index (χ0n) is 13.5. The zero-order valence-corrected chi connectivity index (χ0v) is 13.5. The van der Waals surface area contributed by atoms with Crippen molar-refractivity contribution in [3.05, 3.63) is 58.4 Å². The van der Waals surface area contributed by atoms with E-state index in [0.717, 1.165) is 47.2 Å². The number of rotatable bonds is 3. The summed E-state index contributed by atoms with van der Waals surface area (Å²) in [4.78, 5) is 12.0. The molecule has 5 heteroatoms. The third-order valence-corrected chi connectivity index (χ3v) is 4.87. The summed E-state index contributed by atoms with van der Waals surface area (Å²) < 4.78 is 18.9. The van der Waals surface area contributed by atoms with Gasteiger partial charge in [-0.25, -0.2) is 4.39 Å². The summed E-state index contributed by atoms with van der Waals surface area (Å²) in [6.45, 7) is 0.694. The summed E-state index contributed by atoms with van der Waals surface area (Å²) >= 11 is 0. The molecule has 2 aromatic carbocycles. The van der Waals surface area contributed by atoms with Crippen LogP contribution in [0.15, 0.2) is 30.3 Å². The summed E-state index contributed by atoms with van der Waals surface area (Å²) in [6, 6.07) is 9.37. The number of anilines is 1. The number of hydrogen-bond acceptors (Lipinski definition) is 3. The highest BCUT2D eigenvalue weighted by molar-refractivity contribution is 5.97. The average Bonchev–Trinajstić information content (AvgIpc) is 2.96. The third-order valence-electron chi connectivity index (χ3n) is 4.87. The van der Waals surface area contributed by atoms with Crippen LogP contribution in [0.2, 0.25) is 0 Å². The van der Waals surface area contributed by atoms with E-state index in [1.54, 1.807) is 12.1 Å². The molecule has 2 aliphatic rings. The molecule has 1 amide bonds. The molecule has 0 saturated carbocycles. The van der Waals surface area contributed by atoms with E-state index >= 15 is 0 Å². The molecule has 1 aliphatic carbocycles. The Labute approximate surface area is 140 Å².